The molecule has 0 aromatic carbocycles. The molecule has 0 aliphatic carbocycles. The highest BCUT2D eigenvalue weighted by Crippen LogP contribution is 2.02. The van der Waals surface area contributed by atoms with Gasteiger partial charge in [-0.1, -0.05) is 0 Å². The molecule has 1 N–H and O–H groups in total. The normalized spacial score (nSPS) is 13.4. The first-order valence-electron chi connectivity index (χ1n) is 10.4. The molecule has 11 nitrogen and oxygen atoms in total. The monoisotopic (exact) mass is 446 g/mol. The zero-order chi connectivity index (χ0) is 22.6. The predicted molar refractivity (Wildman–Crippen MR) is 109 cm³/mol. The number of nitrogens with one attached hydrogen (secondary N) is 1. The van der Waals surface area contributed by atoms with E-state index in [1.165, 1.54) is 0 Å². The van der Waals surface area contributed by atoms with Crippen molar-refractivity contribution in [2.24, 2.45) is 0 Å². The summed E-state index contributed by atoms with van der Waals surface area (Å²) in [5, 5.41) is 2.58. The summed E-state index contributed by atoms with van der Waals surface area (Å²) in [5.41, 5.74) is 0. The van der Waals surface area contributed by atoms with Crippen LogP contribution in [-0.2, 0) is 42.8 Å². The molecule has 0 fully saturated rings. The van der Waals surface area contributed by atoms with E-state index in [4.69, 9.17) is 28.4 Å². The van der Waals surface area contributed by atoms with Crippen LogP contribution in [0.25, 0.3) is 0 Å². The van der Waals surface area contributed by atoms with Crippen LogP contribution in [0.3, 0.4) is 0 Å². The molecule has 1 aliphatic heterocycles. The molecule has 0 radical (unpaired) electrons. The van der Waals surface area contributed by atoms with E-state index < -0.39 is 17.7 Å². The third kappa shape index (κ3) is 14.7. The van der Waals surface area contributed by atoms with Gasteiger partial charge in [0.1, 0.15) is 6.54 Å². The fraction of sp³-hybridized carbons (Fsp3) is 0.750. The Kier molecular flexibility index (Phi) is 16.5. The SMILES string of the molecule is CCOCCOCCOCCOCCOCCOCCNC(=O)CN1C(=O)C=CC1=O. The molecule has 3 amide bonds. The molecule has 0 bridgehead atoms. The Morgan fingerprint density at radius 1 is 0.710 bits per heavy atom. The van der Waals surface area contributed by atoms with E-state index in [0.29, 0.717) is 79.3 Å². The Labute approximate surface area is 182 Å². The zero-order valence-corrected chi connectivity index (χ0v) is 18.2. The molecule has 1 heterocycles. The van der Waals surface area contributed by atoms with Crippen LogP contribution >= 0.6 is 0 Å². The molecule has 1 aliphatic rings. The molecule has 0 atom stereocenters. The number of rotatable bonds is 21. The number of amides is 3. The van der Waals surface area contributed by atoms with Gasteiger partial charge in [-0.3, -0.25) is 19.3 Å². The minimum absolute atomic E-state index is 0.281. The quantitative estimate of drug-likeness (QED) is 0.177. The predicted octanol–water partition coefficient (Wildman–Crippen LogP) is -0.853. The van der Waals surface area contributed by atoms with Crippen LogP contribution in [0.4, 0.5) is 0 Å². The van der Waals surface area contributed by atoms with Gasteiger partial charge in [-0.25, -0.2) is 0 Å². The molecule has 11 heteroatoms. The molecular weight excluding hydrogens is 412 g/mol. The van der Waals surface area contributed by atoms with E-state index in [0.717, 1.165) is 17.1 Å². The molecule has 0 spiro atoms. The van der Waals surface area contributed by atoms with Crippen molar-refractivity contribution in [2.75, 3.05) is 92.4 Å². The lowest BCUT2D eigenvalue weighted by atomic mass is 10.4. The van der Waals surface area contributed by atoms with Gasteiger partial charge in [0.05, 0.1) is 72.7 Å². The van der Waals surface area contributed by atoms with Gasteiger partial charge in [-0.05, 0) is 6.92 Å². The summed E-state index contributed by atoms with van der Waals surface area (Å²) in [5.74, 6) is -1.38. The lowest BCUT2D eigenvalue weighted by Gasteiger charge is -2.13. The van der Waals surface area contributed by atoms with E-state index in [1.807, 2.05) is 6.92 Å². The Bertz CT molecular complexity index is 525. The van der Waals surface area contributed by atoms with Crippen LogP contribution in [0.15, 0.2) is 12.2 Å². The second-order valence-electron chi connectivity index (χ2n) is 6.20. The smallest absolute Gasteiger partial charge is 0.254 e. The number of carbonyl (C=O) groups excluding carboxylic acids is 3. The van der Waals surface area contributed by atoms with Gasteiger partial charge in [-0.15, -0.1) is 0 Å². The summed E-state index contributed by atoms with van der Waals surface area (Å²) >= 11 is 0. The van der Waals surface area contributed by atoms with Crippen molar-refractivity contribution in [3.8, 4) is 0 Å². The van der Waals surface area contributed by atoms with Gasteiger partial charge in [-0.2, -0.15) is 0 Å². The summed E-state index contributed by atoms with van der Waals surface area (Å²) in [7, 11) is 0. The van der Waals surface area contributed by atoms with Crippen molar-refractivity contribution < 1.29 is 42.8 Å². The maximum Gasteiger partial charge on any atom is 0.254 e. The second kappa shape index (κ2) is 18.8. The van der Waals surface area contributed by atoms with Crippen molar-refractivity contribution in [3.63, 3.8) is 0 Å². The average Bonchev–Trinajstić information content (AvgIpc) is 3.07. The highest BCUT2D eigenvalue weighted by atomic mass is 16.6. The maximum absolute atomic E-state index is 11.7. The van der Waals surface area contributed by atoms with E-state index in [9.17, 15) is 14.4 Å². The van der Waals surface area contributed by atoms with Crippen LogP contribution in [0.5, 0.6) is 0 Å². The van der Waals surface area contributed by atoms with E-state index in [2.05, 4.69) is 5.32 Å². The minimum atomic E-state index is -0.483. The Morgan fingerprint density at radius 3 is 1.52 bits per heavy atom. The molecule has 178 valence electrons. The van der Waals surface area contributed by atoms with Crippen LogP contribution in [0.1, 0.15) is 6.92 Å². The first-order valence-corrected chi connectivity index (χ1v) is 10.4. The third-order valence-corrected chi connectivity index (χ3v) is 3.84. The molecule has 0 saturated heterocycles. The molecule has 0 unspecified atom stereocenters. The number of nitrogens with zero attached hydrogens (tertiary/aromatic N) is 1. The first-order chi connectivity index (χ1) is 15.1. The van der Waals surface area contributed by atoms with Crippen molar-refractivity contribution in [1.82, 2.24) is 10.2 Å². The molecule has 0 saturated carbocycles. The summed E-state index contributed by atoms with van der Waals surface area (Å²) < 4.78 is 31.9. The molecular formula is C20H34N2O9. The summed E-state index contributed by atoms with van der Waals surface area (Å²) in [4.78, 5) is 35.2. The molecule has 0 aromatic rings. The van der Waals surface area contributed by atoms with Crippen molar-refractivity contribution >= 4 is 17.7 Å². The first kappa shape index (κ1) is 27.1. The number of imide groups is 1. The van der Waals surface area contributed by atoms with Crippen LogP contribution < -0.4 is 5.32 Å². The van der Waals surface area contributed by atoms with Crippen LogP contribution in [0, 0.1) is 0 Å². The highest BCUT2D eigenvalue weighted by Gasteiger charge is 2.25. The summed E-state index contributed by atoms with van der Waals surface area (Å²) in [6.07, 6.45) is 2.28. The van der Waals surface area contributed by atoms with Crippen molar-refractivity contribution in [1.29, 1.82) is 0 Å². The average molecular weight is 446 g/mol. The van der Waals surface area contributed by atoms with Gasteiger partial charge >= 0.3 is 0 Å². The topological polar surface area (TPSA) is 122 Å². The fourth-order valence-corrected chi connectivity index (χ4v) is 2.29. The summed E-state index contributed by atoms with van der Waals surface area (Å²) in [6, 6.07) is 0. The number of ether oxygens (including phenoxy) is 6. The molecule has 31 heavy (non-hydrogen) atoms. The van der Waals surface area contributed by atoms with E-state index >= 15 is 0 Å². The highest BCUT2D eigenvalue weighted by molar-refractivity contribution is 6.14. The fourth-order valence-electron chi connectivity index (χ4n) is 2.29. The largest absolute Gasteiger partial charge is 0.379 e. The van der Waals surface area contributed by atoms with Gasteiger partial charge in [0.2, 0.25) is 5.91 Å². The van der Waals surface area contributed by atoms with Crippen molar-refractivity contribution in [3.05, 3.63) is 12.2 Å². The van der Waals surface area contributed by atoms with Crippen molar-refractivity contribution in [2.45, 2.75) is 6.92 Å². The van der Waals surface area contributed by atoms with E-state index in [-0.39, 0.29) is 13.1 Å². The Hall–Kier alpha value is -1.89. The van der Waals surface area contributed by atoms with Crippen LogP contribution in [-0.4, -0.2) is 115 Å². The summed E-state index contributed by atoms with van der Waals surface area (Å²) in [6.45, 7) is 7.87. The van der Waals surface area contributed by atoms with Gasteiger partial charge < -0.3 is 33.7 Å². The zero-order valence-electron chi connectivity index (χ0n) is 18.2. The lowest BCUT2D eigenvalue weighted by Crippen LogP contribution is -2.41. The number of carbonyl (C=O) groups is 3. The number of hydrogen-bond donors (Lipinski definition) is 1. The van der Waals surface area contributed by atoms with Gasteiger partial charge in [0.15, 0.2) is 0 Å². The standard InChI is InChI=1S/C20H34N2O9/c1-2-26-7-8-28-11-12-30-15-16-31-14-13-29-10-9-27-6-5-21-18(23)17-22-19(24)3-4-20(22)25/h3-4H,2,5-17H2,1H3,(H,21,23). The number of hydrogen-bond acceptors (Lipinski definition) is 9. The minimum Gasteiger partial charge on any atom is -0.379 e. The van der Waals surface area contributed by atoms with Gasteiger partial charge in [0, 0.05) is 25.3 Å². The Morgan fingerprint density at radius 2 is 1.10 bits per heavy atom. The lowest BCUT2D eigenvalue weighted by molar-refractivity contribution is -0.141. The molecule has 1 rings (SSSR count). The molecule has 0 aromatic heterocycles. The van der Waals surface area contributed by atoms with E-state index in [1.54, 1.807) is 0 Å². The second-order valence-corrected chi connectivity index (χ2v) is 6.20. The Balaban J connectivity index is 1.75. The maximum atomic E-state index is 11.7. The van der Waals surface area contributed by atoms with Gasteiger partial charge in [0.25, 0.3) is 11.8 Å². The third-order valence-electron chi connectivity index (χ3n) is 3.84. The van der Waals surface area contributed by atoms with Crippen LogP contribution in [0.2, 0.25) is 0 Å².